The molecule has 0 atom stereocenters. The van der Waals surface area contributed by atoms with E-state index in [4.69, 9.17) is 11.1 Å². The maximum atomic E-state index is 13.0. The Morgan fingerprint density at radius 2 is 2.00 bits per heavy atom. The predicted octanol–water partition coefficient (Wildman–Crippen LogP) is 3.17. The summed E-state index contributed by atoms with van der Waals surface area (Å²) < 4.78 is 39.0. The number of likely N-dealkylation sites (tertiary alicyclic amines) is 1. The van der Waals surface area contributed by atoms with Crippen molar-refractivity contribution in [2.75, 3.05) is 19.6 Å². The number of carbonyl (C=O) groups is 1. The molecule has 0 saturated carbocycles. The Hall–Kier alpha value is -2.35. The van der Waals surface area contributed by atoms with Crippen LogP contribution in [0, 0.1) is 12.3 Å². The summed E-state index contributed by atoms with van der Waals surface area (Å²) in [7, 11) is 0. The minimum Gasteiger partial charge on any atom is -0.385 e. The van der Waals surface area contributed by atoms with Crippen LogP contribution in [0.15, 0.2) is 30.1 Å². The van der Waals surface area contributed by atoms with E-state index in [9.17, 15) is 18.0 Å². The van der Waals surface area contributed by atoms with Crippen molar-refractivity contribution in [1.82, 2.24) is 10.2 Å². The van der Waals surface area contributed by atoms with Gasteiger partial charge in [0.05, 0.1) is 11.3 Å². The van der Waals surface area contributed by atoms with Gasteiger partial charge < -0.3 is 21.4 Å². The molecule has 1 aromatic carbocycles. The number of benzene rings is 1. The summed E-state index contributed by atoms with van der Waals surface area (Å²) in [6, 6.07) is 3.65. The normalized spacial score (nSPS) is 15.8. The summed E-state index contributed by atoms with van der Waals surface area (Å²) in [5.41, 5.74) is 4.84. The summed E-state index contributed by atoms with van der Waals surface area (Å²) >= 11 is 0. The third-order valence-electron chi connectivity index (χ3n) is 4.59. The van der Waals surface area contributed by atoms with E-state index < -0.39 is 11.7 Å². The topological polar surface area (TPSA) is 82.2 Å². The molecule has 1 heterocycles. The molecule has 0 aromatic heterocycles. The first-order valence-electron chi connectivity index (χ1n) is 8.93. The van der Waals surface area contributed by atoms with E-state index in [0.717, 1.165) is 25.7 Å². The molecule has 0 radical (unpaired) electrons. The second-order valence-corrected chi connectivity index (χ2v) is 6.69. The molecule has 0 bridgehead atoms. The maximum Gasteiger partial charge on any atom is 0.416 e. The molecule has 27 heavy (non-hydrogen) atoms. The van der Waals surface area contributed by atoms with Gasteiger partial charge in [0, 0.05) is 18.1 Å². The Morgan fingerprint density at radius 1 is 1.33 bits per heavy atom. The second-order valence-electron chi connectivity index (χ2n) is 6.69. The molecule has 1 amide bonds. The van der Waals surface area contributed by atoms with Crippen LogP contribution >= 0.6 is 0 Å². The van der Waals surface area contributed by atoms with Crippen LogP contribution in [0.3, 0.4) is 0 Å². The molecule has 0 unspecified atom stereocenters. The third kappa shape index (κ3) is 6.09. The minimum absolute atomic E-state index is 0.0454. The largest absolute Gasteiger partial charge is 0.416 e. The van der Waals surface area contributed by atoms with Gasteiger partial charge in [-0.25, -0.2) is 0 Å². The fourth-order valence-electron chi connectivity index (χ4n) is 3.20. The smallest absolute Gasteiger partial charge is 0.385 e. The van der Waals surface area contributed by atoms with E-state index in [2.05, 4.69) is 10.2 Å². The van der Waals surface area contributed by atoms with Crippen LogP contribution in [0.4, 0.5) is 13.2 Å². The fourth-order valence-corrected chi connectivity index (χ4v) is 3.20. The lowest BCUT2D eigenvalue weighted by Crippen LogP contribution is -2.29. The highest BCUT2D eigenvalue weighted by molar-refractivity contribution is 6.08. The SMILES string of the molecule is Cc1c(C(=N)/C=C(\N)NC(=O)CCCN2CCCC2)cccc1C(F)(F)F. The van der Waals surface area contributed by atoms with Crippen molar-refractivity contribution in [2.45, 2.75) is 38.8 Å². The molecule has 0 spiro atoms. The monoisotopic (exact) mass is 382 g/mol. The van der Waals surface area contributed by atoms with Gasteiger partial charge in [0.2, 0.25) is 5.91 Å². The number of hydrogen-bond acceptors (Lipinski definition) is 4. The summed E-state index contributed by atoms with van der Waals surface area (Å²) in [5.74, 6) is -0.320. The average Bonchev–Trinajstić information content (AvgIpc) is 3.07. The molecule has 2 rings (SSSR count). The van der Waals surface area contributed by atoms with Gasteiger partial charge in [-0.1, -0.05) is 12.1 Å². The Balaban J connectivity index is 1.93. The predicted molar refractivity (Wildman–Crippen MR) is 98.3 cm³/mol. The Kier molecular flexibility index (Phi) is 7.01. The number of allylic oxidation sites excluding steroid dienone is 1. The van der Waals surface area contributed by atoms with Crippen LogP contribution in [0.5, 0.6) is 0 Å². The molecule has 1 fully saturated rings. The number of halogens is 3. The molecule has 5 nitrogen and oxygen atoms in total. The van der Waals surface area contributed by atoms with E-state index >= 15 is 0 Å². The van der Waals surface area contributed by atoms with Crippen molar-refractivity contribution in [3.8, 4) is 0 Å². The number of nitrogens with zero attached hydrogens (tertiary/aromatic N) is 1. The van der Waals surface area contributed by atoms with Gasteiger partial charge in [-0.3, -0.25) is 4.79 Å². The molecule has 0 aliphatic carbocycles. The van der Waals surface area contributed by atoms with E-state index in [0.29, 0.717) is 12.8 Å². The summed E-state index contributed by atoms with van der Waals surface area (Å²) in [6.45, 7) is 4.30. The number of nitrogens with two attached hydrogens (primary N) is 1. The molecular weight excluding hydrogens is 357 g/mol. The molecule has 148 valence electrons. The van der Waals surface area contributed by atoms with E-state index in [1.54, 1.807) is 0 Å². The van der Waals surface area contributed by atoms with Gasteiger partial charge in [0.15, 0.2) is 0 Å². The highest BCUT2D eigenvalue weighted by Crippen LogP contribution is 2.33. The van der Waals surface area contributed by atoms with Crippen LogP contribution in [0.1, 0.15) is 42.4 Å². The zero-order valence-corrected chi connectivity index (χ0v) is 15.3. The van der Waals surface area contributed by atoms with Crippen molar-refractivity contribution < 1.29 is 18.0 Å². The number of amides is 1. The molecular formula is C19H25F3N4O. The van der Waals surface area contributed by atoms with Crippen LogP contribution in [-0.2, 0) is 11.0 Å². The van der Waals surface area contributed by atoms with Crippen molar-refractivity contribution in [2.24, 2.45) is 5.73 Å². The Bertz CT molecular complexity index is 722. The first-order valence-corrected chi connectivity index (χ1v) is 8.93. The van der Waals surface area contributed by atoms with Gasteiger partial charge in [0.1, 0.15) is 5.82 Å². The summed E-state index contributed by atoms with van der Waals surface area (Å²) in [6.07, 6.45) is 0.0855. The summed E-state index contributed by atoms with van der Waals surface area (Å²) in [4.78, 5) is 14.2. The van der Waals surface area contributed by atoms with E-state index in [1.807, 2.05) is 0 Å². The highest BCUT2D eigenvalue weighted by Gasteiger charge is 2.33. The third-order valence-corrected chi connectivity index (χ3v) is 4.59. The lowest BCUT2D eigenvalue weighted by Gasteiger charge is -2.14. The number of hydrogen-bond donors (Lipinski definition) is 3. The van der Waals surface area contributed by atoms with Gasteiger partial charge in [0.25, 0.3) is 0 Å². The quantitative estimate of drug-likeness (QED) is 0.634. The Morgan fingerprint density at radius 3 is 2.63 bits per heavy atom. The van der Waals surface area contributed by atoms with Gasteiger partial charge in [-0.2, -0.15) is 13.2 Å². The average molecular weight is 382 g/mol. The molecule has 4 N–H and O–H groups in total. The lowest BCUT2D eigenvalue weighted by molar-refractivity contribution is -0.138. The van der Waals surface area contributed by atoms with Crippen molar-refractivity contribution >= 4 is 11.6 Å². The number of carbonyl (C=O) groups excluding carboxylic acids is 1. The van der Waals surface area contributed by atoms with Gasteiger partial charge in [-0.05, 0) is 57.5 Å². The van der Waals surface area contributed by atoms with Crippen molar-refractivity contribution in [3.05, 3.63) is 46.8 Å². The Labute approximate surface area is 156 Å². The number of rotatable bonds is 7. The minimum atomic E-state index is -4.49. The zero-order chi connectivity index (χ0) is 20.0. The van der Waals surface area contributed by atoms with Gasteiger partial charge in [-0.15, -0.1) is 0 Å². The molecule has 1 aromatic rings. The first kappa shape index (κ1) is 21.0. The number of alkyl halides is 3. The zero-order valence-electron chi connectivity index (χ0n) is 15.3. The highest BCUT2D eigenvalue weighted by atomic mass is 19.4. The van der Waals surface area contributed by atoms with Crippen molar-refractivity contribution in [3.63, 3.8) is 0 Å². The molecule has 1 aliphatic heterocycles. The first-order chi connectivity index (χ1) is 12.7. The second kappa shape index (κ2) is 9.03. The maximum absolute atomic E-state index is 13.0. The fraction of sp³-hybridized carbons (Fsp3) is 0.474. The molecule has 1 aliphatic rings. The van der Waals surface area contributed by atoms with Crippen molar-refractivity contribution in [1.29, 1.82) is 5.41 Å². The molecule has 8 heteroatoms. The van der Waals surface area contributed by atoms with Gasteiger partial charge >= 0.3 is 6.18 Å². The molecule has 1 saturated heterocycles. The number of nitrogens with one attached hydrogen (secondary N) is 2. The van der Waals surface area contributed by atoms with Crippen LogP contribution in [0.25, 0.3) is 0 Å². The van der Waals surface area contributed by atoms with Crippen LogP contribution in [-0.4, -0.2) is 36.2 Å². The van der Waals surface area contributed by atoms with Crippen LogP contribution in [0.2, 0.25) is 0 Å². The summed E-state index contributed by atoms with van der Waals surface area (Å²) in [5, 5.41) is 10.5. The standard InChI is InChI=1S/C19H25F3N4O/c1-13-14(6-4-7-15(13)19(20,21)22)16(23)12-17(24)25-18(27)8-5-11-26-9-2-3-10-26/h4,6-7,12,23H,2-3,5,8-11,24H2,1H3,(H,25,27)/b17-12+,23-16?. The van der Waals surface area contributed by atoms with E-state index in [-0.39, 0.29) is 28.6 Å². The van der Waals surface area contributed by atoms with E-state index in [1.165, 1.54) is 38.0 Å². The lowest BCUT2D eigenvalue weighted by atomic mass is 9.98. The van der Waals surface area contributed by atoms with Crippen LogP contribution < -0.4 is 11.1 Å².